The minimum Gasteiger partial charge on any atom is -0.326 e. The quantitative estimate of drug-likeness (QED) is 0.444. The monoisotopic (exact) mass is 424 g/mol. The van der Waals surface area contributed by atoms with Gasteiger partial charge in [0.25, 0.3) is 11.5 Å². The third-order valence-electron chi connectivity index (χ3n) is 4.76. The first kappa shape index (κ1) is 20.7. The Morgan fingerprint density at radius 1 is 0.781 bits per heavy atom. The second kappa shape index (κ2) is 9.09. The summed E-state index contributed by atoms with van der Waals surface area (Å²) in [6, 6.07) is 25.2. The Balaban J connectivity index is 1.83. The second-order valence-electron chi connectivity index (χ2n) is 7.10. The van der Waals surface area contributed by atoms with Gasteiger partial charge >= 0.3 is 0 Å². The molecular weight excluding hydrogens is 404 g/mol. The first-order valence-corrected chi connectivity index (χ1v) is 9.95. The Bertz CT molecular complexity index is 1330. The minimum atomic E-state index is -0.598. The van der Waals surface area contributed by atoms with Crippen LogP contribution in [0.15, 0.2) is 89.7 Å². The third-order valence-corrected chi connectivity index (χ3v) is 4.76. The predicted octanol–water partition coefficient (Wildman–Crippen LogP) is 4.31. The molecule has 0 aliphatic heterocycles. The van der Waals surface area contributed by atoms with Crippen LogP contribution in [0.25, 0.3) is 22.4 Å². The van der Waals surface area contributed by atoms with Gasteiger partial charge in [-0.2, -0.15) is 5.10 Å². The summed E-state index contributed by atoms with van der Waals surface area (Å²) in [4.78, 5) is 37.4. The number of hydrogen-bond donors (Lipinski definition) is 3. The van der Waals surface area contributed by atoms with Crippen LogP contribution >= 0.6 is 0 Å². The van der Waals surface area contributed by atoms with Crippen LogP contribution in [0.1, 0.15) is 17.3 Å². The molecule has 0 saturated carbocycles. The molecule has 4 rings (SSSR count). The van der Waals surface area contributed by atoms with Gasteiger partial charge in [-0.15, -0.1) is 0 Å². The molecule has 7 heteroatoms. The van der Waals surface area contributed by atoms with Crippen molar-refractivity contribution in [3.05, 3.63) is 101 Å². The van der Waals surface area contributed by atoms with Crippen LogP contribution in [0.3, 0.4) is 0 Å². The summed E-state index contributed by atoms with van der Waals surface area (Å²) < 4.78 is 0. The lowest BCUT2D eigenvalue weighted by Gasteiger charge is -2.14. The van der Waals surface area contributed by atoms with Gasteiger partial charge in [-0.05, 0) is 23.8 Å². The Labute approximate surface area is 184 Å². The molecule has 0 unspecified atom stereocenters. The van der Waals surface area contributed by atoms with E-state index in [1.165, 1.54) is 6.92 Å². The van der Waals surface area contributed by atoms with Gasteiger partial charge in [0.2, 0.25) is 5.91 Å². The topological polar surface area (TPSA) is 104 Å². The maximum atomic E-state index is 13.3. The number of aromatic nitrogens is 2. The van der Waals surface area contributed by atoms with Crippen LogP contribution in [-0.4, -0.2) is 22.0 Å². The number of hydrogen-bond acceptors (Lipinski definition) is 4. The first-order valence-electron chi connectivity index (χ1n) is 9.95. The van der Waals surface area contributed by atoms with Gasteiger partial charge in [-0.1, -0.05) is 66.7 Å². The molecule has 0 saturated heterocycles. The average molecular weight is 424 g/mol. The summed E-state index contributed by atoms with van der Waals surface area (Å²) in [6.45, 7) is 1.40. The van der Waals surface area contributed by atoms with E-state index in [1.54, 1.807) is 24.3 Å². The molecular formula is C25H20N4O3. The molecule has 32 heavy (non-hydrogen) atoms. The van der Waals surface area contributed by atoms with Crippen molar-refractivity contribution in [2.45, 2.75) is 6.92 Å². The van der Waals surface area contributed by atoms with Gasteiger partial charge in [0.1, 0.15) is 5.56 Å². The highest BCUT2D eigenvalue weighted by Gasteiger charge is 2.23. The number of aromatic amines is 1. The van der Waals surface area contributed by atoms with Gasteiger partial charge < -0.3 is 10.6 Å². The zero-order valence-corrected chi connectivity index (χ0v) is 17.3. The van der Waals surface area contributed by atoms with Crippen molar-refractivity contribution in [1.29, 1.82) is 0 Å². The van der Waals surface area contributed by atoms with Gasteiger partial charge in [0.15, 0.2) is 0 Å². The molecule has 3 N–H and O–H groups in total. The summed E-state index contributed by atoms with van der Waals surface area (Å²) in [5.74, 6) is -0.803. The lowest BCUT2D eigenvalue weighted by molar-refractivity contribution is -0.114. The van der Waals surface area contributed by atoms with E-state index < -0.39 is 11.5 Å². The molecule has 3 aromatic carbocycles. The number of nitrogens with one attached hydrogen (secondary N) is 3. The fourth-order valence-corrected chi connectivity index (χ4v) is 3.43. The van der Waals surface area contributed by atoms with Crippen LogP contribution in [0, 0.1) is 0 Å². The number of amides is 2. The summed E-state index contributed by atoms with van der Waals surface area (Å²) in [5, 5.41) is 12.1. The highest BCUT2D eigenvalue weighted by molar-refractivity contribution is 6.10. The van der Waals surface area contributed by atoms with Crippen LogP contribution < -0.4 is 16.2 Å². The lowest BCUT2D eigenvalue weighted by Crippen LogP contribution is -2.26. The van der Waals surface area contributed by atoms with Gasteiger partial charge in [0.05, 0.1) is 5.69 Å². The van der Waals surface area contributed by atoms with E-state index in [-0.39, 0.29) is 11.5 Å². The average Bonchev–Trinajstić information content (AvgIpc) is 2.79. The van der Waals surface area contributed by atoms with Crippen molar-refractivity contribution in [3.8, 4) is 22.4 Å². The molecule has 1 heterocycles. The molecule has 2 amide bonds. The van der Waals surface area contributed by atoms with E-state index in [4.69, 9.17) is 0 Å². The number of H-pyrrole nitrogens is 1. The molecule has 158 valence electrons. The van der Waals surface area contributed by atoms with Crippen molar-refractivity contribution in [1.82, 2.24) is 10.2 Å². The van der Waals surface area contributed by atoms with Crippen LogP contribution in [0.5, 0.6) is 0 Å². The molecule has 0 fully saturated rings. The summed E-state index contributed by atoms with van der Waals surface area (Å²) >= 11 is 0. The van der Waals surface area contributed by atoms with Crippen LogP contribution in [0.4, 0.5) is 11.4 Å². The number of benzene rings is 3. The molecule has 0 atom stereocenters. The molecule has 7 nitrogen and oxygen atoms in total. The van der Waals surface area contributed by atoms with Crippen molar-refractivity contribution < 1.29 is 9.59 Å². The van der Waals surface area contributed by atoms with E-state index >= 15 is 0 Å². The van der Waals surface area contributed by atoms with Crippen molar-refractivity contribution in [3.63, 3.8) is 0 Å². The first-order chi connectivity index (χ1) is 15.5. The minimum absolute atomic E-state index is 0.0463. The fraction of sp³-hybridized carbons (Fsp3) is 0.0400. The molecule has 4 aromatic rings. The predicted molar refractivity (Wildman–Crippen MR) is 124 cm³/mol. The number of nitrogens with zero attached hydrogens (tertiary/aromatic N) is 1. The highest BCUT2D eigenvalue weighted by atomic mass is 16.2. The van der Waals surface area contributed by atoms with Gasteiger partial charge in [-0.3, -0.25) is 14.4 Å². The number of carbonyl (C=O) groups is 2. The van der Waals surface area contributed by atoms with E-state index in [0.717, 1.165) is 5.56 Å². The van der Waals surface area contributed by atoms with Crippen LogP contribution in [0.2, 0.25) is 0 Å². The Hall–Kier alpha value is -4.52. The Morgan fingerprint density at radius 2 is 1.38 bits per heavy atom. The zero-order valence-electron chi connectivity index (χ0n) is 17.3. The largest absolute Gasteiger partial charge is 0.326 e. The Morgan fingerprint density at radius 3 is 2.00 bits per heavy atom. The lowest BCUT2D eigenvalue weighted by atomic mass is 9.95. The standard InChI is InChI=1S/C25H20N4O3/c1-16(30)26-19-13-8-14-20(15-19)27-24(31)22-21(17-9-4-2-5-10-17)23(28-29-25(22)32)18-11-6-3-7-12-18/h2-15H,1H3,(H,26,30)(H,27,31)(H,29,32). The smallest absolute Gasteiger partial charge is 0.277 e. The maximum Gasteiger partial charge on any atom is 0.277 e. The van der Waals surface area contributed by atoms with Crippen molar-refractivity contribution in [2.75, 3.05) is 10.6 Å². The fourth-order valence-electron chi connectivity index (χ4n) is 3.43. The second-order valence-corrected chi connectivity index (χ2v) is 7.10. The normalized spacial score (nSPS) is 10.4. The maximum absolute atomic E-state index is 13.3. The van der Waals surface area contributed by atoms with E-state index in [2.05, 4.69) is 20.8 Å². The molecule has 0 bridgehead atoms. The molecule has 0 radical (unpaired) electrons. The number of anilines is 2. The molecule has 0 spiro atoms. The van der Waals surface area contributed by atoms with Crippen LogP contribution in [-0.2, 0) is 4.79 Å². The van der Waals surface area contributed by atoms with Crippen molar-refractivity contribution in [2.24, 2.45) is 0 Å². The molecule has 0 aliphatic carbocycles. The van der Waals surface area contributed by atoms with E-state index in [1.807, 2.05) is 60.7 Å². The van der Waals surface area contributed by atoms with E-state index in [0.29, 0.717) is 28.2 Å². The summed E-state index contributed by atoms with van der Waals surface area (Å²) in [7, 11) is 0. The summed E-state index contributed by atoms with van der Waals surface area (Å²) in [5.41, 5.74) is 2.73. The number of rotatable bonds is 5. The highest BCUT2D eigenvalue weighted by Crippen LogP contribution is 2.32. The molecule has 1 aromatic heterocycles. The SMILES string of the molecule is CC(=O)Nc1cccc(NC(=O)c2c(-c3ccccc3)c(-c3ccccc3)n[nH]c2=O)c1. The van der Waals surface area contributed by atoms with Crippen molar-refractivity contribution >= 4 is 23.2 Å². The zero-order chi connectivity index (χ0) is 22.5. The Kier molecular flexibility index (Phi) is 5.89. The number of carbonyl (C=O) groups excluding carboxylic acids is 2. The molecule has 0 aliphatic rings. The summed E-state index contributed by atoms with van der Waals surface area (Å²) in [6.07, 6.45) is 0. The third kappa shape index (κ3) is 4.46. The van der Waals surface area contributed by atoms with Gasteiger partial charge in [-0.25, -0.2) is 5.10 Å². The van der Waals surface area contributed by atoms with Gasteiger partial charge in [0, 0.05) is 29.4 Å². The van der Waals surface area contributed by atoms with E-state index in [9.17, 15) is 14.4 Å².